The minimum absolute atomic E-state index is 0.0236. The molecular weight excluding hydrogens is 1160 g/mol. The highest BCUT2D eigenvalue weighted by Crippen LogP contribution is 2.21. The number of nitrogens with one attached hydrogen (secondary N) is 1. The molecule has 95 heavy (non-hydrogen) atoms. The number of hydrogen-bond donors (Lipinski definition) is 3. The Hall–Kier alpha value is -1.92. The second-order valence-electron chi connectivity index (χ2n) is 30.2. The van der Waals surface area contributed by atoms with Gasteiger partial charge in [-0.1, -0.05) is 455 Å². The van der Waals surface area contributed by atoms with Crippen LogP contribution in [-0.2, 0) is 14.3 Å². The Morgan fingerprint density at radius 3 is 0.800 bits per heavy atom. The fraction of sp³-hybridized carbons (Fsp3) is 0.910. The van der Waals surface area contributed by atoms with Crippen LogP contribution in [-0.4, -0.2) is 47.4 Å². The number of carbonyl (C=O) groups is 2. The molecule has 0 heterocycles. The number of aliphatic hydroxyl groups is 2. The van der Waals surface area contributed by atoms with Gasteiger partial charge < -0.3 is 20.3 Å². The topological polar surface area (TPSA) is 95.9 Å². The minimum atomic E-state index is -0.845. The highest BCUT2D eigenvalue weighted by molar-refractivity contribution is 5.76. The van der Waals surface area contributed by atoms with Gasteiger partial charge in [0.1, 0.15) is 0 Å². The largest absolute Gasteiger partial charge is 0.466 e. The molecule has 0 saturated heterocycles. The van der Waals surface area contributed by atoms with Crippen molar-refractivity contribution < 1.29 is 24.5 Å². The Kier molecular flexibility index (Phi) is 82.8. The molecule has 1 amide bonds. The monoisotopic (exact) mass is 1330 g/mol. The Morgan fingerprint density at radius 1 is 0.295 bits per heavy atom. The van der Waals surface area contributed by atoms with Crippen LogP contribution in [0.5, 0.6) is 0 Å². The molecule has 0 radical (unpaired) electrons. The van der Waals surface area contributed by atoms with E-state index in [0.29, 0.717) is 19.4 Å². The summed E-state index contributed by atoms with van der Waals surface area (Å²) >= 11 is 0. The van der Waals surface area contributed by atoms with Crippen molar-refractivity contribution in [3.05, 3.63) is 36.5 Å². The third-order valence-corrected chi connectivity index (χ3v) is 20.7. The first-order valence-corrected chi connectivity index (χ1v) is 43.8. The van der Waals surface area contributed by atoms with Crippen molar-refractivity contribution in [2.24, 2.45) is 0 Å². The summed E-state index contributed by atoms with van der Waals surface area (Å²) in [5.41, 5.74) is 0. The Bertz CT molecular complexity index is 1540. The minimum Gasteiger partial charge on any atom is -0.466 e. The van der Waals surface area contributed by atoms with Gasteiger partial charge in [0.15, 0.2) is 0 Å². The molecule has 6 nitrogen and oxygen atoms in total. The molecule has 0 bridgehead atoms. The molecule has 0 aliphatic carbocycles. The molecule has 0 aliphatic rings. The molecule has 0 saturated carbocycles. The highest BCUT2D eigenvalue weighted by Gasteiger charge is 2.18. The lowest BCUT2D eigenvalue weighted by atomic mass is 10.0. The van der Waals surface area contributed by atoms with Gasteiger partial charge >= 0.3 is 5.97 Å². The van der Waals surface area contributed by atoms with Gasteiger partial charge in [-0.25, -0.2) is 0 Å². The molecule has 562 valence electrons. The third kappa shape index (κ3) is 80.9. The second-order valence-corrected chi connectivity index (χ2v) is 30.2. The second kappa shape index (κ2) is 84.5. The summed E-state index contributed by atoms with van der Waals surface area (Å²) in [6.07, 6.45) is 112. The van der Waals surface area contributed by atoms with E-state index in [4.69, 9.17) is 4.74 Å². The van der Waals surface area contributed by atoms with Crippen molar-refractivity contribution in [3.8, 4) is 0 Å². The predicted molar refractivity (Wildman–Crippen MR) is 421 cm³/mol. The van der Waals surface area contributed by atoms with Gasteiger partial charge in [-0.15, -0.1) is 0 Å². The zero-order chi connectivity index (χ0) is 68.4. The average molecular weight is 1340 g/mol. The molecule has 0 rings (SSSR count). The molecule has 0 aromatic heterocycles. The summed E-state index contributed by atoms with van der Waals surface area (Å²) in [6, 6.07) is -0.628. The van der Waals surface area contributed by atoms with Gasteiger partial charge in [-0.05, 0) is 64.2 Å². The van der Waals surface area contributed by atoms with Gasteiger partial charge in [0.2, 0.25) is 5.91 Å². The van der Waals surface area contributed by atoms with E-state index in [1.807, 2.05) is 6.08 Å². The molecule has 0 aromatic carbocycles. The van der Waals surface area contributed by atoms with Gasteiger partial charge in [0, 0.05) is 12.8 Å². The lowest BCUT2D eigenvalue weighted by Crippen LogP contribution is -2.45. The number of esters is 1. The zero-order valence-corrected chi connectivity index (χ0v) is 64.7. The summed E-state index contributed by atoms with van der Waals surface area (Å²) in [5, 5.41) is 23.3. The molecule has 0 aromatic rings. The third-order valence-electron chi connectivity index (χ3n) is 20.7. The van der Waals surface area contributed by atoms with Crippen LogP contribution < -0.4 is 5.32 Å². The number of unbranched alkanes of at least 4 members (excludes halogenated alkanes) is 68. The predicted octanol–water partition coefficient (Wildman–Crippen LogP) is 29.3. The number of carbonyl (C=O) groups excluding carboxylic acids is 2. The van der Waals surface area contributed by atoms with Gasteiger partial charge in [-0.2, -0.15) is 0 Å². The first-order valence-electron chi connectivity index (χ1n) is 43.8. The normalized spacial score (nSPS) is 12.6. The number of aliphatic hydroxyl groups excluding tert-OH is 2. The first kappa shape index (κ1) is 93.1. The smallest absolute Gasteiger partial charge is 0.305 e. The lowest BCUT2D eigenvalue weighted by Gasteiger charge is -2.20. The van der Waals surface area contributed by atoms with E-state index in [-0.39, 0.29) is 18.5 Å². The van der Waals surface area contributed by atoms with E-state index in [0.717, 1.165) is 44.9 Å². The van der Waals surface area contributed by atoms with Gasteiger partial charge in [0.05, 0.1) is 25.4 Å². The zero-order valence-electron chi connectivity index (χ0n) is 64.7. The molecule has 2 unspecified atom stereocenters. The maximum atomic E-state index is 12.6. The Labute approximate surface area is 595 Å². The van der Waals surface area contributed by atoms with E-state index in [9.17, 15) is 19.8 Å². The Morgan fingerprint density at radius 2 is 0.526 bits per heavy atom. The van der Waals surface area contributed by atoms with Crippen LogP contribution in [0.15, 0.2) is 36.5 Å². The van der Waals surface area contributed by atoms with Crippen LogP contribution in [0.2, 0.25) is 0 Å². The fourth-order valence-electron chi connectivity index (χ4n) is 14.0. The molecule has 0 aliphatic heterocycles. The van der Waals surface area contributed by atoms with Crippen molar-refractivity contribution in [1.29, 1.82) is 0 Å². The van der Waals surface area contributed by atoms with Crippen molar-refractivity contribution >= 4 is 11.9 Å². The van der Waals surface area contributed by atoms with Crippen molar-refractivity contribution in [1.82, 2.24) is 5.32 Å². The maximum absolute atomic E-state index is 12.6. The van der Waals surface area contributed by atoms with Crippen LogP contribution >= 0.6 is 0 Å². The van der Waals surface area contributed by atoms with Crippen molar-refractivity contribution in [2.75, 3.05) is 13.2 Å². The molecule has 0 fully saturated rings. The number of amides is 1. The fourth-order valence-corrected chi connectivity index (χ4v) is 14.0. The number of allylic oxidation sites excluding steroid dienone is 5. The lowest BCUT2D eigenvalue weighted by molar-refractivity contribution is -0.143. The molecule has 6 heteroatoms. The first-order chi connectivity index (χ1) is 47.0. The number of ether oxygens (including phenoxy) is 1. The SMILES string of the molecule is CCCCCCCCCCCCCCCCCCCCCCCC/C=C/C(O)C(CO)NC(=O)CCCCCCCCCCCCCCCCCCC/C=C\C/C=C\CCCCCCCCCCCCCCCOC(=O)CCCCCCCCCCCCCCCCCCC. The standard InChI is InChI=1S/C89H171NO5/c1-3-5-7-9-11-13-15-17-19-21-22-23-24-40-43-46-50-53-57-61-65-69-73-77-81-87(92)86(85-91)90-88(93)82-78-74-70-66-62-58-54-51-47-44-41-38-36-34-32-30-28-26-25-27-29-31-33-35-37-39-42-45-48-52-56-60-64-68-72-76-80-84-95-89(94)83-79-75-71-67-63-59-55-49-20-18-16-14-12-10-8-6-4-2/h25,27,31,33,77,81,86-87,91-92H,3-24,26,28-30,32,34-76,78-80,82-85H2,1-2H3,(H,90,93)/b27-25-,33-31-,81-77+. The molecular formula is C89H171NO5. The van der Waals surface area contributed by atoms with E-state index >= 15 is 0 Å². The maximum Gasteiger partial charge on any atom is 0.305 e. The molecule has 3 N–H and O–H groups in total. The number of rotatable bonds is 83. The summed E-state index contributed by atoms with van der Waals surface area (Å²) in [7, 11) is 0. The van der Waals surface area contributed by atoms with Gasteiger partial charge in [0.25, 0.3) is 0 Å². The Balaban J connectivity index is 3.37. The van der Waals surface area contributed by atoms with E-state index in [1.165, 1.54) is 424 Å². The summed E-state index contributed by atoms with van der Waals surface area (Å²) in [6.45, 7) is 4.97. The quantitative estimate of drug-likeness (QED) is 0.0320. The summed E-state index contributed by atoms with van der Waals surface area (Å²) in [4.78, 5) is 24.7. The summed E-state index contributed by atoms with van der Waals surface area (Å²) in [5.74, 6) is -0.0362. The van der Waals surface area contributed by atoms with Gasteiger partial charge in [-0.3, -0.25) is 9.59 Å². The van der Waals surface area contributed by atoms with E-state index < -0.39 is 12.1 Å². The van der Waals surface area contributed by atoms with Crippen LogP contribution in [0.4, 0.5) is 0 Å². The van der Waals surface area contributed by atoms with E-state index in [2.05, 4.69) is 43.5 Å². The summed E-state index contributed by atoms with van der Waals surface area (Å²) < 4.78 is 5.52. The van der Waals surface area contributed by atoms with Crippen LogP contribution in [0.25, 0.3) is 0 Å². The van der Waals surface area contributed by atoms with E-state index in [1.54, 1.807) is 6.08 Å². The van der Waals surface area contributed by atoms with Crippen LogP contribution in [0.3, 0.4) is 0 Å². The highest BCUT2D eigenvalue weighted by atomic mass is 16.5. The van der Waals surface area contributed by atoms with Crippen LogP contribution in [0, 0.1) is 0 Å². The average Bonchev–Trinajstić information content (AvgIpc) is 3.54. The van der Waals surface area contributed by atoms with Crippen LogP contribution in [0.1, 0.15) is 495 Å². The molecule has 0 spiro atoms. The van der Waals surface area contributed by atoms with Crippen molar-refractivity contribution in [3.63, 3.8) is 0 Å². The number of hydrogen-bond acceptors (Lipinski definition) is 5. The van der Waals surface area contributed by atoms with Crippen molar-refractivity contribution in [2.45, 2.75) is 508 Å². The molecule has 2 atom stereocenters.